The highest BCUT2D eigenvalue weighted by Gasteiger charge is 2.22. The molecule has 0 saturated carbocycles. The molecule has 2 aromatic rings. The van der Waals surface area contributed by atoms with Gasteiger partial charge in [-0.2, -0.15) is 5.10 Å². The van der Waals surface area contributed by atoms with Crippen molar-refractivity contribution in [3.63, 3.8) is 0 Å². The summed E-state index contributed by atoms with van der Waals surface area (Å²) in [4.78, 5) is 11.5. The fourth-order valence-corrected chi connectivity index (χ4v) is 2.28. The average Bonchev–Trinajstić information content (AvgIpc) is 2.54. The maximum Gasteiger partial charge on any atom is 0.298 e. The molecule has 0 spiro atoms. The first kappa shape index (κ1) is 12.5. The molecule has 94 valence electrons. The summed E-state index contributed by atoms with van der Waals surface area (Å²) in [5.41, 5.74) is 4.78. The standard InChI is InChI=1S/C14H18N3O/c1-10-6-5-7-13(8-10)9-17-12(3)14(16(4)18)11(2)15-17/h5-8H,9H2,1-4H3/q+1. The van der Waals surface area contributed by atoms with Gasteiger partial charge in [-0.25, -0.2) is 0 Å². The van der Waals surface area contributed by atoms with E-state index in [1.807, 2.05) is 24.6 Å². The number of hydrogen-bond donors (Lipinski definition) is 0. The lowest BCUT2D eigenvalue weighted by atomic mass is 10.1. The summed E-state index contributed by atoms with van der Waals surface area (Å²) in [6.07, 6.45) is 0. The van der Waals surface area contributed by atoms with E-state index in [9.17, 15) is 4.91 Å². The van der Waals surface area contributed by atoms with Crippen molar-refractivity contribution in [2.75, 3.05) is 7.05 Å². The first-order valence-electron chi connectivity index (χ1n) is 5.99. The highest BCUT2D eigenvalue weighted by atomic mass is 16.3. The molecule has 0 aliphatic heterocycles. The number of benzene rings is 1. The van der Waals surface area contributed by atoms with E-state index >= 15 is 0 Å². The highest BCUT2D eigenvalue weighted by molar-refractivity contribution is 5.39. The molecule has 18 heavy (non-hydrogen) atoms. The number of nitrogens with zero attached hydrogens (tertiary/aromatic N) is 3. The van der Waals surface area contributed by atoms with E-state index in [4.69, 9.17) is 0 Å². The molecule has 1 aromatic carbocycles. The van der Waals surface area contributed by atoms with Crippen LogP contribution in [0.15, 0.2) is 24.3 Å². The van der Waals surface area contributed by atoms with Gasteiger partial charge in [-0.1, -0.05) is 29.8 Å². The summed E-state index contributed by atoms with van der Waals surface area (Å²) in [5.74, 6) is 0. The SMILES string of the molecule is Cc1cccc(Cn2nc(C)c([N+](C)=O)c2C)c1. The quantitative estimate of drug-likeness (QED) is 0.779. The molecule has 0 saturated heterocycles. The topological polar surface area (TPSA) is 37.9 Å². The molecule has 0 fully saturated rings. The van der Waals surface area contributed by atoms with E-state index in [-0.39, 0.29) is 0 Å². The Morgan fingerprint density at radius 2 is 2.00 bits per heavy atom. The second kappa shape index (κ2) is 4.72. The molecule has 4 heteroatoms. The second-order valence-electron chi connectivity index (χ2n) is 4.66. The fraction of sp³-hybridized carbons (Fsp3) is 0.357. The fourth-order valence-electron chi connectivity index (χ4n) is 2.28. The molecule has 0 atom stereocenters. The van der Waals surface area contributed by atoms with Crippen LogP contribution in [0, 0.1) is 25.7 Å². The van der Waals surface area contributed by atoms with Crippen LogP contribution in [-0.4, -0.2) is 21.6 Å². The van der Waals surface area contributed by atoms with Gasteiger partial charge in [0.2, 0.25) is 0 Å². The van der Waals surface area contributed by atoms with Crippen LogP contribution in [0.2, 0.25) is 0 Å². The Morgan fingerprint density at radius 3 is 2.56 bits per heavy atom. The molecule has 1 heterocycles. The molecule has 1 aromatic heterocycles. The minimum absolute atomic E-state index is 0.669. The summed E-state index contributed by atoms with van der Waals surface area (Å²) < 4.78 is 2.76. The van der Waals surface area contributed by atoms with Crippen molar-refractivity contribution in [1.82, 2.24) is 9.78 Å². The van der Waals surface area contributed by atoms with Crippen molar-refractivity contribution < 1.29 is 4.76 Å². The highest BCUT2D eigenvalue weighted by Crippen LogP contribution is 2.22. The van der Waals surface area contributed by atoms with E-state index in [2.05, 4.69) is 30.2 Å². The summed E-state index contributed by atoms with van der Waals surface area (Å²) in [7, 11) is 1.51. The maximum absolute atomic E-state index is 11.5. The molecule has 4 nitrogen and oxygen atoms in total. The molecule has 0 aliphatic carbocycles. The zero-order valence-corrected chi connectivity index (χ0v) is 11.3. The van der Waals surface area contributed by atoms with Gasteiger partial charge in [0.1, 0.15) is 11.4 Å². The molecule has 0 unspecified atom stereocenters. The summed E-state index contributed by atoms with van der Waals surface area (Å²) in [6.45, 7) is 6.56. The van der Waals surface area contributed by atoms with E-state index < -0.39 is 0 Å². The second-order valence-corrected chi connectivity index (χ2v) is 4.66. The molecule has 0 aliphatic rings. The monoisotopic (exact) mass is 244 g/mol. The van der Waals surface area contributed by atoms with E-state index in [0.717, 1.165) is 16.1 Å². The molecule has 0 N–H and O–H groups in total. The van der Waals surface area contributed by atoms with Crippen LogP contribution in [0.1, 0.15) is 22.5 Å². The molecular formula is C14H18N3O+. The lowest BCUT2D eigenvalue weighted by Crippen LogP contribution is -2.04. The zero-order valence-electron chi connectivity index (χ0n) is 11.3. The number of aromatic nitrogens is 2. The first-order valence-corrected chi connectivity index (χ1v) is 5.99. The van der Waals surface area contributed by atoms with Gasteiger partial charge < -0.3 is 0 Å². The number of aryl methyl sites for hydroxylation is 2. The number of nitroso groups, excluding NO2 is 1. The van der Waals surface area contributed by atoms with Gasteiger partial charge in [0, 0.05) is 9.67 Å². The lowest BCUT2D eigenvalue weighted by molar-refractivity contribution is -0.429. The van der Waals surface area contributed by atoms with Crippen molar-refractivity contribution in [3.8, 4) is 0 Å². The van der Waals surface area contributed by atoms with E-state index in [0.29, 0.717) is 12.2 Å². The summed E-state index contributed by atoms with van der Waals surface area (Å²) in [5, 5.41) is 4.43. The van der Waals surface area contributed by atoms with Crippen LogP contribution in [-0.2, 0) is 6.54 Å². The number of hydrogen-bond acceptors (Lipinski definition) is 2. The summed E-state index contributed by atoms with van der Waals surface area (Å²) in [6, 6.07) is 8.32. The Bertz CT molecular complexity index is 599. The lowest BCUT2D eigenvalue weighted by Gasteiger charge is -2.04. The minimum Gasteiger partial charge on any atom is -0.258 e. The van der Waals surface area contributed by atoms with Gasteiger partial charge in [-0.15, -0.1) is 0 Å². The van der Waals surface area contributed by atoms with Gasteiger partial charge in [0.05, 0.1) is 6.54 Å². The third-order valence-corrected chi connectivity index (χ3v) is 3.07. The minimum atomic E-state index is 0.669. The van der Waals surface area contributed by atoms with Crippen molar-refractivity contribution in [2.24, 2.45) is 0 Å². The van der Waals surface area contributed by atoms with Gasteiger partial charge >= 0.3 is 0 Å². The Morgan fingerprint density at radius 1 is 1.28 bits per heavy atom. The number of rotatable bonds is 3. The molecule has 2 rings (SSSR count). The largest absolute Gasteiger partial charge is 0.298 e. The Labute approximate surface area is 107 Å². The van der Waals surface area contributed by atoms with Crippen LogP contribution in [0.4, 0.5) is 5.69 Å². The Kier molecular flexibility index (Phi) is 3.28. The predicted molar refractivity (Wildman–Crippen MR) is 71.2 cm³/mol. The van der Waals surface area contributed by atoms with Crippen LogP contribution < -0.4 is 0 Å². The molecule has 0 radical (unpaired) electrons. The molecular weight excluding hydrogens is 226 g/mol. The Balaban J connectivity index is 2.36. The van der Waals surface area contributed by atoms with Crippen molar-refractivity contribution in [3.05, 3.63) is 51.7 Å². The van der Waals surface area contributed by atoms with Gasteiger partial charge in [-0.05, 0) is 26.3 Å². The smallest absolute Gasteiger partial charge is 0.258 e. The van der Waals surface area contributed by atoms with E-state index in [1.165, 1.54) is 18.2 Å². The molecule has 0 amide bonds. The van der Waals surface area contributed by atoms with Crippen LogP contribution in [0.5, 0.6) is 0 Å². The third-order valence-electron chi connectivity index (χ3n) is 3.07. The normalized spacial score (nSPS) is 10.7. The third kappa shape index (κ3) is 2.32. The first-order chi connectivity index (χ1) is 8.49. The van der Waals surface area contributed by atoms with Crippen molar-refractivity contribution in [1.29, 1.82) is 0 Å². The van der Waals surface area contributed by atoms with Gasteiger partial charge in [-0.3, -0.25) is 4.68 Å². The van der Waals surface area contributed by atoms with Gasteiger partial charge in [0.25, 0.3) is 5.69 Å². The zero-order chi connectivity index (χ0) is 13.3. The van der Waals surface area contributed by atoms with Crippen LogP contribution in [0.25, 0.3) is 0 Å². The Hall–Kier alpha value is -1.97. The van der Waals surface area contributed by atoms with Crippen LogP contribution in [0.3, 0.4) is 0 Å². The van der Waals surface area contributed by atoms with E-state index in [1.54, 1.807) is 0 Å². The predicted octanol–water partition coefficient (Wildman–Crippen LogP) is 2.90. The molecule has 0 bridgehead atoms. The van der Waals surface area contributed by atoms with Crippen molar-refractivity contribution >= 4 is 5.69 Å². The average molecular weight is 244 g/mol. The van der Waals surface area contributed by atoms with Gasteiger partial charge in [0.15, 0.2) is 7.05 Å². The maximum atomic E-state index is 11.5. The van der Waals surface area contributed by atoms with Crippen molar-refractivity contribution in [2.45, 2.75) is 27.3 Å². The van der Waals surface area contributed by atoms with Crippen LogP contribution >= 0.6 is 0 Å². The summed E-state index contributed by atoms with van der Waals surface area (Å²) >= 11 is 0.